The lowest BCUT2D eigenvalue weighted by atomic mass is 10.4. The zero-order chi connectivity index (χ0) is 10.5. The van der Waals surface area contributed by atoms with Gasteiger partial charge in [-0.1, -0.05) is 12.2 Å². The Morgan fingerprint density at radius 2 is 2.33 bits per heavy atom. The maximum Gasteiger partial charge on any atom is 0.138 e. The van der Waals surface area contributed by atoms with E-state index >= 15 is 0 Å². The topological polar surface area (TPSA) is 63.8 Å². The summed E-state index contributed by atoms with van der Waals surface area (Å²) in [5.41, 5.74) is 5.34. The average molecular weight is 220 g/mol. The van der Waals surface area contributed by atoms with Crippen LogP contribution >= 0.6 is 11.3 Å². The Morgan fingerprint density at radius 1 is 1.40 bits per heavy atom. The third-order valence-corrected chi connectivity index (χ3v) is 2.77. The van der Waals surface area contributed by atoms with Crippen molar-refractivity contribution in [3.63, 3.8) is 0 Å². The number of hydrogen-bond acceptors (Lipinski definition) is 5. The molecule has 0 aromatic carbocycles. The van der Waals surface area contributed by atoms with Gasteiger partial charge in [-0.3, -0.25) is 0 Å². The van der Waals surface area contributed by atoms with Crippen LogP contribution in [0.3, 0.4) is 0 Å². The van der Waals surface area contributed by atoms with Crippen molar-refractivity contribution < 1.29 is 0 Å². The van der Waals surface area contributed by atoms with Crippen LogP contribution in [0, 0.1) is 0 Å². The molecule has 0 fully saturated rings. The van der Waals surface area contributed by atoms with Gasteiger partial charge in [0.1, 0.15) is 17.0 Å². The molecular formula is C10H12N4S. The number of fused-ring (bicyclic) bond motifs is 1. The molecule has 3 N–H and O–H groups in total. The summed E-state index contributed by atoms with van der Waals surface area (Å²) in [6, 6.07) is 2.02. The molecule has 0 radical (unpaired) electrons. The van der Waals surface area contributed by atoms with Gasteiger partial charge in [0.2, 0.25) is 0 Å². The maximum atomic E-state index is 5.34. The van der Waals surface area contributed by atoms with Gasteiger partial charge in [-0.2, -0.15) is 0 Å². The van der Waals surface area contributed by atoms with E-state index in [1.54, 1.807) is 17.7 Å². The van der Waals surface area contributed by atoms with Crippen molar-refractivity contribution in [1.29, 1.82) is 0 Å². The number of thiophene rings is 1. The van der Waals surface area contributed by atoms with E-state index in [2.05, 4.69) is 15.3 Å². The molecule has 4 nitrogen and oxygen atoms in total. The summed E-state index contributed by atoms with van der Waals surface area (Å²) in [5, 5.41) is 6.31. The molecule has 5 heteroatoms. The molecule has 0 spiro atoms. The van der Waals surface area contributed by atoms with Gasteiger partial charge in [-0.05, 0) is 11.4 Å². The number of anilines is 1. The molecule has 0 aliphatic rings. The van der Waals surface area contributed by atoms with Crippen LogP contribution in [0.4, 0.5) is 5.82 Å². The highest BCUT2D eigenvalue weighted by Crippen LogP contribution is 2.23. The van der Waals surface area contributed by atoms with Crippen LogP contribution in [0.15, 0.2) is 29.9 Å². The summed E-state index contributed by atoms with van der Waals surface area (Å²) in [5.74, 6) is 0.878. The number of nitrogens with zero attached hydrogens (tertiary/aromatic N) is 2. The molecule has 0 unspecified atom stereocenters. The van der Waals surface area contributed by atoms with Crippen LogP contribution in [0.5, 0.6) is 0 Å². The number of aromatic nitrogens is 2. The summed E-state index contributed by atoms with van der Waals surface area (Å²) in [4.78, 5) is 9.38. The Labute approximate surface area is 91.9 Å². The van der Waals surface area contributed by atoms with E-state index in [0.29, 0.717) is 6.54 Å². The smallest absolute Gasteiger partial charge is 0.138 e. The molecular weight excluding hydrogens is 208 g/mol. The second-order valence-corrected chi connectivity index (χ2v) is 3.84. The molecule has 0 aliphatic heterocycles. The molecule has 2 aromatic rings. The van der Waals surface area contributed by atoms with Crippen LogP contribution < -0.4 is 11.1 Å². The number of hydrogen-bond donors (Lipinski definition) is 2. The van der Waals surface area contributed by atoms with Gasteiger partial charge in [0, 0.05) is 13.1 Å². The van der Waals surface area contributed by atoms with Gasteiger partial charge < -0.3 is 11.1 Å². The van der Waals surface area contributed by atoms with Crippen molar-refractivity contribution in [3.8, 4) is 0 Å². The first-order valence-electron chi connectivity index (χ1n) is 4.69. The van der Waals surface area contributed by atoms with E-state index in [1.165, 1.54) is 0 Å². The van der Waals surface area contributed by atoms with Gasteiger partial charge in [0.05, 0.1) is 5.39 Å². The lowest BCUT2D eigenvalue weighted by molar-refractivity contribution is 1.18. The SMILES string of the molecule is NC/C=C/CNc1ncnc2sccc12. The quantitative estimate of drug-likeness (QED) is 0.768. The first-order valence-corrected chi connectivity index (χ1v) is 5.57. The van der Waals surface area contributed by atoms with Crippen molar-refractivity contribution in [2.75, 3.05) is 18.4 Å². The molecule has 15 heavy (non-hydrogen) atoms. The summed E-state index contributed by atoms with van der Waals surface area (Å²) >= 11 is 1.62. The third-order valence-electron chi connectivity index (χ3n) is 1.95. The minimum Gasteiger partial charge on any atom is -0.366 e. The van der Waals surface area contributed by atoms with E-state index in [0.717, 1.165) is 22.6 Å². The first-order chi connectivity index (χ1) is 7.42. The molecule has 0 atom stereocenters. The highest BCUT2D eigenvalue weighted by molar-refractivity contribution is 7.16. The highest BCUT2D eigenvalue weighted by Gasteiger charge is 2.02. The minimum atomic E-state index is 0.569. The zero-order valence-corrected chi connectivity index (χ0v) is 9.00. The predicted octanol–water partition coefficient (Wildman–Crippen LogP) is 1.62. The molecule has 78 valence electrons. The predicted molar refractivity (Wildman–Crippen MR) is 64.1 cm³/mol. The van der Waals surface area contributed by atoms with Crippen LogP contribution in [-0.4, -0.2) is 23.1 Å². The molecule has 0 saturated carbocycles. The first kappa shape index (κ1) is 10.1. The van der Waals surface area contributed by atoms with Crippen LogP contribution in [0.25, 0.3) is 10.2 Å². The second kappa shape index (κ2) is 4.86. The Morgan fingerprint density at radius 3 is 3.20 bits per heavy atom. The average Bonchev–Trinajstić information content (AvgIpc) is 2.73. The van der Waals surface area contributed by atoms with Gasteiger partial charge in [-0.15, -0.1) is 11.3 Å². The fourth-order valence-electron chi connectivity index (χ4n) is 1.27. The van der Waals surface area contributed by atoms with Crippen molar-refractivity contribution in [2.45, 2.75) is 0 Å². The summed E-state index contributed by atoms with van der Waals surface area (Å²) in [6.45, 7) is 1.30. The normalized spacial score (nSPS) is 11.3. The molecule has 2 aromatic heterocycles. The highest BCUT2D eigenvalue weighted by atomic mass is 32.1. The third kappa shape index (κ3) is 2.31. The van der Waals surface area contributed by atoms with E-state index < -0.39 is 0 Å². The molecule has 2 rings (SSSR count). The molecule has 0 amide bonds. The van der Waals surface area contributed by atoms with Crippen LogP contribution in [0.1, 0.15) is 0 Å². The fraction of sp³-hybridized carbons (Fsp3) is 0.200. The lowest BCUT2D eigenvalue weighted by Gasteiger charge is -2.02. The van der Waals surface area contributed by atoms with Crippen LogP contribution in [-0.2, 0) is 0 Å². The monoisotopic (exact) mass is 220 g/mol. The van der Waals surface area contributed by atoms with Gasteiger partial charge in [0.25, 0.3) is 0 Å². The van der Waals surface area contributed by atoms with Gasteiger partial charge in [0.15, 0.2) is 0 Å². The van der Waals surface area contributed by atoms with E-state index in [1.807, 2.05) is 23.6 Å². The summed E-state index contributed by atoms with van der Waals surface area (Å²) < 4.78 is 0. The van der Waals surface area contributed by atoms with E-state index in [9.17, 15) is 0 Å². The Hall–Kier alpha value is -1.46. The van der Waals surface area contributed by atoms with E-state index in [-0.39, 0.29) is 0 Å². The largest absolute Gasteiger partial charge is 0.366 e. The molecule has 0 bridgehead atoms. The Balaban J connectivity index is 2.13. The van der Waals surface area contributed by atoms with Crippen molar-refractivity contribution >= 4 is 27.4 Å². The number of rotatable bonds is 4. The fourth-order valence-corrected chi connectivity index (χ4v) is 2.00. The van der Waals surface area contributed by atoms with E-state index in [4.69, 9.17) is 5.73 Å². The standard InChI is InChI=1S/C10H12N4S/c11-4-1-2-5-12-9-8-3-6-15-10(8)14-7-13-9/h1-3,6-7H,4-5,11H2,(H,12,13,14)/b2-1+. The molecule has 0 saturated heterocycles. The van der Waals surface area contributed by atoms with Crippen molar-refractivity contribution in [1.82, 2.24) is 9.97 Å². The lowest BCUT2D eigenvalue weighted by Crippen LogP contribution is -2.02. The van der Waals surface area contributed by atoms with Gasteiger partial charge in [-0.25, -0.2) is 9.97 Å². The zero-order valence-electron chi connectivity index (χ0n) is 8.18. The number of nitrogens with one attached hydrogen (secondary N) is 1. The second-order valence-electron chi connectivity index (χ2n) is 2.95. The summed E-state index contributed by atoms with van der Waals surface area (Å²) in [7, 11) is 0. The Bertz CT molecular complexity index is 463. The number of nitrogens with two attached hydrogens (primary N) is 1. The Kier molecular flexibility index (Phi) is 3.26. The van der Waals surface area contributed by atoms with Crippen LogP contribution in [0.2, 0.25) is 0 Å². The molecule has 2 heterocycles. The van der Waals surface area contributed by atoms with Crippen molar-refractivity contribution in [3.05, 3.63) is 29.9 Å². The maximum absolute atomic E-state index is 5.34. The van der Waals surface area contributed by atoms with Gasteiger partial charge >= 0.3 is 0 Å². The summed E-state index contributed by atoms with van der Waals surface area (Å²) in [6.07, 6.45) is 5.48. The molecule has 0 aliphatic carbocycles. The van der Waals surface area contributed by atoms with Crippen molar-refractivity contribution in [2.24, 2.45) is 5.73 Å². The minimum absolute atomic E-state index is 0.569.